The second-order valence-corrected chi connectivity index (χ2v) is 4.56. The lowest BCUT2D eigenvalue weighted by Crippen LogP contribution is -2.07. The first-order chi connectivity index (χ1) is 10.2. The minimum absolute atomic E-state index is 0.0779. The number of nitrogens with zero attached hydrogens (tertiary/aromatic N) is 5. The maximum absolute atomic E-state index is 8.90. The molecule has 0 aliphatic rings. The predicted molar refractivity (Wildman–Crippen MR) is 75.0 cm³/mol. The van der Waals surface area contributed by atoms with Gasteiger partial charge in [0.1, 0.15) is 0 Å². The van der Waals surface area contributed by atoms with Gasteiger partial charge in [-0.3, -0.25) is 0 Å². The van der Waals surface area contributed by atoms with Crippen molar-refractivity contribution in [3.63, 3.8) is 0 Å². The third-order valence-corrected chi connectivity index (χ3v) is 3.02. The third kappa shape index (κ3) is 2.48. The van der Waals surface area contributed by atoms with Crippen molar-refractivity contribution >= 4 is 5.82 Å². The van der Waals surface area contributed by atoms with Gasteiger partial charge < -0.3 is 15.4 Å². The number of rotatable bonds is 4. The Labute approximate surface area is 120 Å². The van der Waals surface area contributed by atoms with Gasteiger partial charge in [0.25, 0.3) is 5.89 Å². The van der Waals surface area contributed by atoms with Gasteiger partial charge in [0.15, 0.2) is 11.5 Å². The molecular weight excluding hydrogens is 272 g/mol. The van der Waals surface area contributed by atoms with Crippen molar-refractivity contribution < 1.29 is 9.63 Å². The number of hydrogen-bond acceptors (Lipinski definition) is 7. The maximum Gasteiger partial charge on any atom is 0.282 e. The van der Waals surface area contributed by atoms with Crippen LogP contribution in [-0.4, -0.2) is 36.8 Å². The summed E-state index contributed by atoms with van der Waals surface area (Å²) in [6.45, 7) is 2.19. The monoisotopic (exact) mass is 286 g/mol. The summed E-state index contributed by atoms with van der Waals surface area (Å²) < 4.78 is 6.57. The molecule has 0 unspecified atom stereocenters. The highest BCUT2D eigenvalue weighted by atomic mass is 16.5. The zero-order chi connectivity index (χ0) is 14.8. The Morgan fingerprint density at radius 2 is 2.05 bits per heavy atom. The normalized spacial score (nSPS) is 11.0. The number of hydrogen-bond donors (Lipinski definition) is 2. The topological polar surface area (TPSA) is 116 Å². The van der Waals surface area contributed by atoms with Crippen molar-refractivity contribution in [2.24, 2.45) is 0 Å². The molecule has 0 fully saturated rings. The Bertz CT molecular complexity index is 746. The molecule has 108 valence electrons. The van der Waals surface area contributed by atoms with Crippen LogP contribution in [-0.2, 0) is 6.54 Å². The van der Waals surface area contributed by atoms with Crippen LogP contribution in [0.1, 0.15) is 5.56 Å². The van der Waals surface area contributed by atoms with E-state index in [-0.39, 0.29) is 24.9 Å². The van der Waals surface area contributed by atoms with Gasteiger partial charge in [-0.05, 0) is 6.92 Å². The summed E-state index contributed by atoms with van der Waals surface area (Å²) in [7, 11) is 0. The molecule has 21 heavy (non-hydrogen) atoms. The number of anilines is 1. The molecule has 2 heterocycles. The van der Waals surface area contributed by atoms with Crippen LogP contribution in [0, 0.1) is 6.92 Å². The highest BCUT2D eigenvalue weighted by molar-refractivity contribution is 5.64. The average molecular weight is 286 g/mol. The molecule has 0 radical (unpaired) electrons. The van der Waals surface area contributed by atoms with Crippen LogP contribution in [0.2, 0.25) is 0 Å². The summed E-state index contributed by atoms with van der Waals surface area (Å²) >= 11 is 0. The maximum atomic E-state index is 8.90. The molecule has 0 spiro atoms. The molecule has 8 nitrogen and oxygen atoms in total. The molecule has 3 N–H and O–H groups in total. The van der Waals surface area contributed by atoms with Gasteiger partial charge in [0.2, 0.25) is 5.82 Å². The Balaban J connectivity index is 1.93. The van der Waals surface area contributed by atoms with Crippen LogP contribution < -0.4 is 5.73 Å². The van der Waals surface area contributed by atoms with E-state index in [0.29, 0.717) is 11.5 Å². The van der Waals surface area contributed by atoms with Crippen molar-refractivity contribution in [2.45, 2.75) is 13.5 Å². The van der Waals surface area contributed by atoms with Gasteiger partial charge in [0.05, 0.1) is 13.2 Å². The first kappa shape index (κ1) is 13.3. The van der Waals surface area contributed by atoms with Crippen LogP contribution in [0.15, 0.2) is 28.8 Å². The van der Waals surface area contributed by atoms with Crippen LogP contribution >= 0.6 is 0 Å². The Kier molecular flexibility index (Phi) is 3.36. The SMILES string of the molecule is Cc1ccc(-c2noc(-c3nnn(CCO)c3N)n2)cc1. The van der Waals surface area contributed by atoms with Crippen LogP contribution in [0.4, 0.5) is 5.82 Å². The zero-order valence-electron chi connectivity index (χ0n) is 11.4. The fourth-order valence-corrected chi connectivity index (χ4v) is 1.87. The smallest absolute Gasteiger partial charge is 0.282 e. The largest absolute Gasteiger partial charge is 0.394 e. The van der Waals surface area contributed by atoms with E-state index < -0.39 is 0 Å². The fourth-order valence-electron chi connectivity index (χ4n) is 1.87. The lowest BCUT2D eigenvalue weighted by Gasteiger charge is -1.98. The Morgan fingerprint density at radius 1 is 1.29 bits per heavy atom. The van der Waals surface area contributed by atoms with E-state index in [1.807, 2.05) is 31.2 Å². The number of aryl methyl sites for hydroxylation is 1. The highest BCUT2D eigenvalue weighted by Crippen LogP contribution is 2.24. The summed E-state index contributed by atoms with van der Waals surface area (Å²) in [6, 6.07) is 7.76. The highest BCUT2D eigenvalue weighted by Gasteiger charge is 2.18. The molecule has 0 amide bonds. The molecule has 0 saturated heterocycles. The molecule has 8 heteroatoms. The van der Waals surface area contributed by atoms with E-state index in [2.05, 4.69) is 20.5 Å². The van der Waals surface area contributed by atoms with Crippen LogP contribution in [0.5, 0.6) is 0 Å². The summed E-state index contributed by atoms with van der Waals surface area (Å²) in [5.74, 6) is 0.941. The standard InChI is InChI=1S/C13H14N6O2/c1-8-2-4-9(5-3-8)12-15-13(21-17-12)10-11(14)19(6-7-20)18-16-10/h2-5,20H,6-7,14H2,1H3. The number of nitrogen functional groups attached to an aromatic ring is 1. The van der Waals surface area contributed by atoms with Crippen molar-refractivity contribution in [3.05, 3.63) is 29.8 Å². The fraction of sp³-hybridized carbons (Fsp3) is 0.231. The molecular formula is C13H14N6O2. The predicted octanol–water partition coefficient (Wildman–Crippen LogP) is 0.878. The number of nitrogens with two attached hydrogens (primary N) is 1. The van der Waals surface area contributed by atoms with Crippen molar-refractivity contribution in [1.29, 1.82) is 0 Å². The molecule has 3 aromatic rings. The minimum Gasteiger partial charge on any atom is -0.394 e. The van der Waals surface area contributed by atoms with Gasteiger partial charge in [0, 0.05) is 5.56 Å². The Morgan fingerprint density at radius 3 is 2.76 bits per heavy atom. The summed E-state index contributed by atoms with van der Waals surface area (Å²) in [5.41, 5.74) is 8.20. The van der Waals surface area contributed by atoms with E-state index in [4.69, 9.17) is 15.4 Å². The molecule has 3 rings (SSSR count). The van der Waals surface area contributed by atoms with Gasteiger partial charge >= 0.3 is 0 Å². The summed E-state index contributed by atoms with van der Waals surface area (Å²) in [6.07, 6.45) is 0. The molecule has 0 bridgehead atoms. The number of aromatic nitrogens is 5. The number of aliphatic hydroxyl groups excluding tert-OH is 1. The third-order valence-electron chi connectivity index (χ3n) is 3.02. The van der Waals surface area contributed by atoms with Gasteiger partial charge in [-0.25, -0.2) is 4.68 Å². The minimum atomic E-state index is -0.0779. The summed E-state index contributed by atoms with van der Waals surface area (Å²) in [5, 5.41) is 20.6. The second kappa shape index (κ2) is 5.33. The van der Waals surface area contributed by atoms with E-state index >= 15 is 0 Å². The molecule has 1 aromatic carbocycles. The van der Waals surface area contributed by atoms with Gasteiger partial charge in [-0.2, -0.15) is 4.98 Å². The number of benzene rings is 1. The van der Waals surface area contributed by atoms with E-state index in [9.17, 15) is 0 Å². The molecule has 0 atom stereocenters. The lowest BCUT2D eigenvalue weighted by atomic mass is 10.1. The molecule has 0 aliphatic carbocycles. The molecule has 0 saturated carbocycles. The Hall–Kier alpha value is -2.74. The van der Waals surface area contributed by atoms with Crippen LogP contribution in [0.3, 0.4) is 0 Å². The van der Waals surface area contributed by atoms with E-state index in [1.54, 1.807) is 0 Å². The first-order valence-corrected chi connectivity index (χ1v) is 6.40. The average Bonchev–Trinajstić information content (AvgIpc) is 3.08. The zero-order valence-corrected chi connectivity index (χ0v) is 11.4. The molecule has 2 aromatic heterocycles. The van der Waals surface area contributed by atoms with Gasteiger partial charge in [-0.1, -0.05) is 40.2 Å². The first-order valence-electron chi connectivity index (χ1n) is 6.40. The van der Waals surface area contributed by atoms with Gasteiger partial charge in [-0.15, -0.1) is 5.10 Å². The van der Waals surface area contributed by atoms with Crippen molar-refractivity contribution in [1.82, 2.24) is 25.1 Å². The quantitative estimate of drug-likeness (QED) is 0.731. The lowest BCUT2D eigenvalue weighted by molar-refractivity contribution is 0.269. The molecule has 0 aliphatic heterocycles. The number of aliphatic hydroxyl groups is 1. The van der Waals surface area contributed by atoms with E-state index in [1.165, 1.54) is 4.68 Å². The van der Waals surface area contributed by atoms with E-state index in [0.717, 1.165) is 11.1 Å². The summed E-state index contributed by atoms with van der Waals surface area (Å²) in [4.78, 5) is 4.28. The van der Waals surface area contributed by atoms with Crippen LogP contribution in [0.25, 0.3) is 23.0 Å². The second-order valence-electron chi connectivity index (χ2n) is 4.56. The van der Waals surface area contributed by atoms with Crippen molar-refractivity contribution in [2.75, 3.05) is 12.3 Å². The van der Waals surface area contributed by atoms with Crippen molar-refractivity contribution in [3.8, 4) is 23.0 Å².